The number of nitrogens with two attached hydrogens (primary N) is 1. The van der Waals surface area contributed by atoms with Gasteiger partial charge in [0.05, 0.1) is 7.11 Å². The zero-order valence-electron chi connectivity index (χ0n) is 22.2. The number of nitrogens with zero attached hydrogens (tertiary/aromatic N) is 5. The summed E-state index contributed by atoms with van der Waals surface area (Å²) >= 11 is 0. The molecule has 1 fully saturated rings. The van der Waals surface area contributed by atoms with Gasteiger partial charge < -0.3 is 20.7 Å². The molecule has 3 heterocycles. The van der Waals surface area contributed by atoms with E-state index in [1.807, 2.05) is 6.20 Å². The number of fused-ring (bicyclic) bond motifs is 1. The summed E-state index contributed by atoms with van der Waals surface area (Å²) in [7, 11) is 3.15. The first-order chi connectivity index (χ1) is 17.3. The van der Waals surface area contributed by atoms with E-state index in [-0.39, 0.29) is 17.7 Å². The molecule has 0 aromatic carbocycles. The summed E-state index contributed by atoms with van der Waals surface area (Å²) in [5, 5.41) is 2.94. The number of hydrogen-bond acceptors (Lipinski definition) is 7. The Morgan fingerprint density at radius 2 is 2.22 bits per heavy atom. The quantitative estimate of drug-likeness (QED) is 0.462. The predicted octanol–water partition coefficient (Wildman–Crippen LogP) is 4.75. The second kappa shape index (κ2) is 10.7. The highest BCUT2D eigenvalue weighted by molar-refractivity contribution is 6.04. The Kier molecular flexibility index (Phi) is 7.66. The molecule has 1 aliphatic heterocycles. The number of ether oxygens (including phenoxy) is 1. The van der Waals surface area contributed by atoms with E-state index >= 15 is 0 Å². The monoisotopic (exact) mass is 493 g/mol. The van der Waals surface area contributed by atoms with Gasteiger partial charge in [0.2, 0.25) is 5.88 Å². The van der Waals surface area contributed by atoms with E-state index in [9.17, 15) is 4.79 Å². The molecule has 3 N–H and O–H groups in total. The summed E-state index contributed by atoms with van der Waals surface area (Å²) in [4.78, 5) is 30.5. The maximum Gasteiger partial charge on any atom is 0.327 e. The van der Waals surface area contributed by atoms with Crippen molar-refractivity contribution in [3.63, 3.8) is 0 Å². The number of nitrogens with one attached hydrogen (secondary N) is 1. The van der Waals surface area contributed by atoms with Gasteiger partial charge in [-0.3, -0.25) is 9.89 Å². The highest BCUT2D eigenvalue weighted by atomic mass is 16.5. The molecule has 1 unspecified atom stereocenters. The SMILES string of the molecule is CCC(C)CCN(CC1(C)CC1)c1ccnc2c1CCN2C(=O)Nc1cc(C=NC)c(N)nc1OC. The number of amides is 2. The molecular formula is C27H39N7O2. The van der Waals surface area contributed by atoms with Crippen molar-refractivity contribution in [3.05, 3.63) is 29.5 Å². The van der Waals surface area contributed by atoms with Gasteiger partial charge >= 0.3 is 6.03 Å². The third-order valence-corrected chi connectivity index (χ3v) is 7.45. The van der Waals surface area contributed by atoms with E-state index in [1.165, 1.54) is 32.1 Å². The molecule has 0 radical (unpaired) electrons. The van der Waals surface area contributed by atoms with Crippen LogP contribution in [0.4, 0.5) is 27.8 Å². The van der Waals surface area contributed by atoms with E-state index < -0.39 is 0 Å². The smallest absolute Gasteiger partial charge is 0.327 e. The van der Waals surface area contributed by atoms with Crippen molar-refractivity contribution in [2.24, 2.45) is 16.3 Å². The molecule has 4 rings (SSSR count). The highest BCUT2D eigenvalue weighted by Crippen LogP contribution is 2.47. The average Bonchev–Trinajstić information content (AvgIpc) is 3.43. The number of aromatic nitrogens is 2. The Bertz CT molecular complexity index is 1130. The van der Waals surface area contributed by atoms with Gasteiger partial charge in [0.15, 0.2) is 0 Å². The number of carbonyl (C=O) groups excluding carboxylic acids is 1. The zero-order valence-corrected chi connectivity index (χ0v) is 22.2. The number of hydrogen-bond donors (Lipinski definition) is 2. The summed E-state index contributed by atoms with van der Waals surface area (Å²) in [6, 6.07) is 3.56. The molecule has 2 aliphatic rings. The van der Waals surface area contributed by atoms with Gasteiger partial charge in [-0.25, -0.2) is 9.78 Å². The molecule has 0 saturated heterocycles. The van der Waals surface area contributed by atoms with Crippen molar-refractivity contribution in [1.29, 1.82) is 0 Å². The second-order valence-electron chi connectivity index (χ2n) is 10.4. The van der Waals surface area contributed by atoms with Crippen LogP contribution in [0.2, 0.25) is 0 Å². The number of urea groups is 1. The maximum absolute atomic E-state index is 13.4. The van der Waals surface area contributed by atoms with Gasteiger partial charge in [0, 0.05) is 55.9 Å². The molecule has 9 heteroatoms. The predicted molar refractivity (Wildman–Crippen MR) is 147 cm³/mol. The van der Waals surface area contributed by atoms with Gasteiger partial charge in [-0.15, -0.1) is 0 Å². The van der Waals surface area contributed by atoms with E-state index in [0.717, 1.165) is 37.3 Å². The van der Waals surface area contributed by atoms with Crippen LogP contribution in [-0.2, 0) is 6.42 Å². The Hall–Kier alpha value is -3.36. The van der Waals surface area contributed by atoms with Crippen molar-refractivity contribution in [1.82, 2.24) is 9.97 Å². The van der Waals surface area contributed by atoms with Gasteiger partial charge in [-0.05, 0) is 49.1 Å². The fourth-order valence-electron chi connectivity index (χ4n) is 4.66. The number of pyridine rings is 2. The summed E-state index contributed by atoms with van der Waals surface area (Å²) in [5.74, 6) is 1.94. The third-order valence-electron chi connectivity index (χ3n) is 7.45. The van der Waals surface area contributed by atoms with Crippen LogP contribution in [0, 0.1) is 11.3 Å². The fourth-order valence-corrected chi connectivity index (χ4v) is 4.66. The number of anilines is 4. The van der Waals surface area contributed by atoms with Crippen LogP contribution in [-0.4, -0.2) is 56.0 Å². The second-order valence-corrected chi connectivity index (χ2v) is 10.4. The van der Waals surface area contributed by atoms with Crippen molar-refractivity contribution in [2.45, 2.75) is 52.9 Å². The molecule has 194 valence electrons. The summed E-state index contributed by atoms with van der Waals surface area (Å²) < 4.78 is 5.36. The van der Waals surface area contributed by atoms with Crippen LogP contribution in [0.25, 0.3) is 0 Å². The lowest BCUT2D eigenvalue weighted by Gasteiger charge is -2.30. The van der Waals surface area contributed by atoms with Gasteiger partial charge in [-0.1, -0.05) is 27.2 Å². The van der Waals surface area contributed by atoms with Crippen molar-refractivity contribution < 1.29 is 9.53 Å². The summed E-state index contributed by atoms with van der Waals surface area (Å²) in [5.41, 5.74) is 9.78. The molecule has 1 saturated carbocycles. The van der Waals surface area contributed by atoms with Crippen molar-refractivity contribution in [3.8, 4) is 5.88 Å². The molecule has 9 nitrogen and oxygen atoms in total. The number of aliphatic imine (C=N–C) groups is 1. The molecular weight excluding hydrogens is 454 g/mol. The summed E-state index contributed by atoms with van der Waals surface area (Å²) in [6.07, 6.45) is 9.09. The highest BCUT2D eigenvalue weighted by Gasteiger charge is 2.40. The standard InChI is InChI=1S/C27H39N7O2/c1-6-18(2)8-13-33(17-27(3)10-11-27)22-7-12-30-24-20(22)9-14-34(24)26(35)31-21-15-19(16-29-4)23(28)32-25(21)36-5/h7,12,15-16,18H,6,8-11,13-14,17H2,1-5H3,(H2,28,32)(H,31,35). The van der Waals surface area contributed by atoms with Crippen LogP contribution in [0.5, 0.6) is 5.88 Å². The van der Waals surface area contributed by atoms with Crippen molar-refractivity contribution >= 4 is 35.3 Å². The van der Waals surface area contributed by atoms with E-state index in [2.05, 4.69) is 52.0 Å². The Balaban J connectivity index is 1.58. The van der Waals surface area contributed by atoms with Crippen LogP contribution >= 0.6 is 0 Å². The first kappa shape index (κ1) is 25.7. The van der Waals surface area contributed by atoms with E-state index in [4.69, 9.17) is 10.5 Å². The molecule has 0 bridgehead atoms. The number of carbonyl (C=O) groups is 1. The molecule has 36 heavy (non-hydrogen) atoms. The Labute approximate surface area is 214 Å². The lowest BCUT2D eigenvalue weighted by Crippen LogP contribution is -2.34. The Morgan fingerprint density at radius 1 is 1.44 bits per heavy atom. The van der Waals surface area contributed by atoms with E-state index in [0.29, 0.717) is 29.1 Å². The lowest BCUT2D eigenvalue weighted by atomic mass is 10.0. The van der Waals surface area contributed by atoms with Gasteiger partial charge in [0.25, 0.3) is 0 Å². The fraction of sp³-hybridized carbons (Fsp3) is 0.556. The summed E-state index contributed by atoms with van der Waals surface area (Å²) in [6.45, 7) is 9.57. The number of rotatable bonds is 10. The van der Waals surface area contributed by atoms with Crippen LogP contribution in [0.3, 0.4) is 0 Å². The van der Waals surface area contributed by atoms with Crippen LogP contribution in [0.15, 0.2) is 23.3 Å². The maximum atomic E-state index is 13.4. The lowest BCUT2D eigenvalue weighted by molar-refractivity contribution is 0.257. The first-order valence-electron chi connectivity index (χ1n) is 12.9. The molecule has 2 amide bonds. The van der Waals surface area contributed by atoms with Crippen LogP contribution < -0.4 is 25.6 Å². The molecule has 1 atom stereocenters. The Morgan fingerprint density at radius 3 is 2.89 bits per heavy atom. The van der Waals surface area contributed by atoms with Gasteiger partial charge in [-0.2, -0.15) is 4.98 Å². The minimum atomic E-state index is -0.275. The topological polar surface area (TPSA) is 109 Å². The normalized spacial score (nSPS) is 16.6. The molecule has 2 aromatic rings. The van der Waals surface area contributed by atoms with Crippen LogP contribution in [0.1, 0.15) is 57.6 Å². The number of methoxy groups -OCH3 is 1. The van der Waals surface area contributed by atoms with Crippen molar-refractivity contribution in [2.75, 3.05) is 54.6 Å². The first-order valence-corrected chi connectivity index (χ1v) is 12.9. The van der Waals surface area contributed by atoms with E-state index in [1.54, 1.807) is 24.2 Å². The molecule has 2 aromatic heterocycles. The zero-order chi connectivity index (χ0) is 25.9. The minimum absolute atomic E-state index is 0.254. The molecule has 0 spiro atoms. The third kappa shape index (κ3) is 5.55. The molecule has 1 aliphatic carbocycles. The average molecular weight is 494 g/mol. The minimum Gasteiger partial charge on any atom is -0.479 e. The van der Waals surface area contributed by atoms with Gasteiger partial charge in [0.1, 0.15) is 17.3 Å². The largest absolute Gasteiger partial charge is 0.479 e. The number of nitrogen functional groups attached to an aromatic ring is 1.